The van der Waals surface area contributed by atoms with Gasteiger partial charge in [-0.1, -0.05) is 13.8 Å². The molecular weight excluding hydrogens is 200 g/mol. The van der Waals surface area contributed by atoms with Crippen LogP contribution in [0.15, 0.2) is 0 Å². The molecule has 3 N–H and O–H groups in total. The average Bonchev–Trinajstić information content (AvgIpc) is 2.30. The van der Waals surface area contributed by atoms with Crippen LogP contribution in [0, 0.1) is 18.3 Å². The highest BCUT2D eigenvalue weighted by Gasteiger charge is 2.36. The van der Waals surface area contributed by atoms with E-state index in [2.05, 4.69) is 25.1 Å². The summed E-state index contributed by atoms with van der Waals surface area (Å²) in [4.78, 5) is 0. The van der Waals surface area contributed by atoms with Crippen molar-refractivity contribution in [2.45, 2.75) is 44.8 Å². The third-order valence-corrected chi connectivity index (χ3v) is 3.41. The molecule has 0 aromatic heterocycles. The lowest BCUT2D eigenvalue weighted by Crippen LogP contribution is -2.57. The molecule has 0 amide bonds. The van der Waals surface area contributed by atoms with Gasteiger partial charge in [-0.05, 0) is 18.8 Å². The molecule has 1 aliphatic heterocycles. The quantitative estimate of drug-likeness (QED) is 0.543. The Labute approximate surface area is 99.1 Å². The molecule has 0 bridgehead atoms. The molecule has 1 rings (SSSR count). The lowest BCUT2D eigenvalue weighted by Gasteiger charge is -2.42. The summed E-state index contributed by atoms with van der Waals surface area (Å²) in [5, 5.41) is 3.52. The number of terminal acetylenes is 1. The topological polar surface area (TPSA) is 47.3 Å². The molecule has 0 aromatic rings. The highest BCUT2D eigenvalue weighted by molar-refractivity contribution is 4.96. The SMILES string of the molecule is C#CCCNC1(CN)CCOC(C(C)C)C1. The maximum Gasteiger partial charge on any atom is 0.0616 e. The average molecular weight is 224 g/mol. The number of rotatable bonds is 5. The van der Waals surface area contributed by atoms with Gasteiger partial charge in [-0.2, -0.15) is 0 Å². The summed E-state index contributed by atoms with van der Waals surface area (Å²) in [5.74, 6) is 3.19. The second kappa shape index (κ2) is 6.24. The van der Waals surface area contributed by atoms with E-state index in [9.17, 15) is 0 Å². The molecule has 16 heavy (non-hydrogen) atoms. The summed E-state index contributed by atoms with van der Waals surface area (Å²) in [6.07, 6.45) is 8.31. The van der Waals surface area contributed by atoms with Gasteiger partial charge >= 0.3 is 0 Å². The molecule has 1 heterocycles. The van der Waals surface area contributed by atoms with Crippen LogP contribution in [0.25, 0.3) is 0 Å². The van der Waals surface area contributed by atoms with Crippen LogP contribution >= 0.6 is 0 Å². The van der Waals surface area contributed by atoms with Crippen molar-refractivity contribution < 1.29 is 4.74 Å². The molecule has 0 spiro atoms. The van der Waals surface area contributed by atoms with Crippen LogP contribution in [-0.2, 0) is 4.74 Å². The zero-order valence-corrected chi connectivity index (χ0v) is 10.5. The molecule has 0 saturated carbocycles. The Kier molecular flexibility index (Phi) is 5.27. The van der Waals surface area contributed by atoms with Crippen LogP contribution in [0.4, 0.5) is 0 Å². The Morgan fingerprint density at radius 1 is 1.62 bits per heavy atom. The number of hydrogen-bond donors (Lipinski definition) is 2. The van der Waals surface area contributed by atoms with Gasteiger partial charge in [0.05, 0.1) is 6.10 Å². The van der Waals surface area contributed by atoms with Gasteiger partial charge in [-0.3, -0.25) is 0 Å². The highest BCUT2D eigenvalue weighted by Crippen LogP contribution is 2.27. The molecule has 3 nitrogen and oxygen atoms in total. The van der Waals surface area contributed by atoms with E-state index in [1.165, 1.54) is 0 Å². The Balaban J connectivity index is 2.53. The first-order valence-electron chi connectivity index (χ1n) is 6.14. The molecule has 3 heteroatoms. The first-order chi connectivity index (χ1) is 7.63. The van der Waals surface area contributed by atoms with E-state index >= 15 is 0 Å². The van der Waals surface area contributed by atoms with Crippen molar-refractivity contribution in [3.63, 3.8) is 0 Å². The summed E-state index contributed by atoms with van der Waals surface area (Å²) >= 11 is 0. The normalized spacial score (nSPS) is 30.3. The molecule has 0 aromatic carbocycles. The molecule has 1 fully saturated rings. The second-order valence-corrected chi connectivity index (χ2v) is 4.97. The molecule has 2 unspecified atom stereocenters. The molecule has 92 valence electrons. The molecule has 0 radical (unpaired) electrons. The van der Waals surface area contributed by atoms with Crippen LogP contribution in [0.1, 0.15) is 33.1 Å². The van der Waals surface area contributed by atoms with Gasteiger partial charge in [0.1, 0.15) is 0 Å². The fourth-order valence-electron chi connectivity index (χ4n) is 2.20. The molecule has 1 saturated heterocycles. The first kappa shape index (κ1) is 13.5. The van der Waals surface area contributed by atoms with Gasteiger partial charge in [-0.15, -0.1) is 12.3 Å². The van der Waals surface area contributed by atoms with Crippen LogP contribution in [0.2, 0.25) is 0 Å². The summed E-state index contributed by atoms with van der Waals surface area (Å²) in [6.45, 7) is 6.68. The Hall–Kier alpha value is -0.560. The van der Waals surface area contributed by atoms with E-state index in [1.54, 1.807) is 0 Å². The zero-order chi connectivity index (χ0) is 12.0. The van der Waals surface area contributed by atoms with Crippen molar-refractivity contribution >= 4 is 0 Å². The second-order valence-electron chi connectivity index (χ2n) is 4.97. The number of nitrogens with one attached hydrogen (secondary N) is 1. The molecular formula is C13H24N2O. The van der Waals surface area contributed by atoms with Crippen LogP contribution < -0.4 is 11.1 Å². The fourth-order valence-corrected chi connectivity index (χ4v) is 2.20. The maximum absolute atomic E-state index is 5.91. The molecule has 1 aliphatic rings. The minimum Gasteiger partial charge on any atom is -0.378 e. The van der Waals surface area contributed by atoms with Crippen LogP contribution in [-0.4, -0.2) is 31.3 Å². The largest absolute Gasteiger partial charge is 0.378 e. The summed E-state index contributed by atoms with van der Waals surface area (Å²) in [6, 6.07) is 0. The van der Waals surface area contributed by atoms with Gasteiger partial charge in [0.2, 0.25) is 0 Å². The summed E-state index contributed by atoms with van der Waals surface area (Å²) in [7, 11) is 0. The Bertz CT molecular complexity index is 247. The standard InChI is InChI=1S/C13H24N2O/c1-4-5-7-15-13(10-14)6-8-16-12(9-13)11(2)3/h1,11-12,15H,5-10,14H2,2-3H3. The predicted octanol–water partition coefficient (Wildman–Crippen LogP) is 1.13. The van der Waals surface area contributed by atoms with E-state index < -0.39 is 0 Å². The van der Waals surface area contributed by atoms with E-state index in [4.69, 9.17) is 16.9 Å². The number of ether oxygens (including phenoxy) is 1. The van der Waals surface area contributed by atoms with E-state index in [-0.39, 0.29) is 5.54 Å². The van der Waals surface area contributed by atoms with Gasteiger partial charge < -0.3 is 15.8 Å². The molecule has 0 aliphatic carbocycles. The van der Waals surface area contributed by atoms with Crippen LogP contribution in [0.5, 0.6) is 0 Å². The monoisotopic (exact) mass is 224 g/mol. The Morgan fingerprint density at radius 3 is 2.94 bits per heavy atom. The van der Waals surface area contributed by atoms with Gasteiger partial charge in [0, 0.05) is 31.7 Å². The van der Waals surface area contributed by atoms with Crippen molar-refractivity contribution in [3.8, 4) is 12.3 Å². The Morgan fingerprint density at radius 2 is 2.38 bits per heavy atom. The van der Waals surface area contributed by atoms with E-state index in [0.717, 1.165) is 32.4 Å². The summed E-state index contributed by atoms with van der Waals surface area (Å²) in [5.41, 5.74) is 5.94. The number of hydrogen-bond acceptors (Lipinski definition) is 3. The lowest BCUT2D eigenvalue weighted by atomic mass is 9.83. The third-order valence-electron chi connectivity index (χ3n) is 3.41. The van der Waals surface area contributed by atoms with Crippen molar-refractivity contribution in [2.24, 2.45) is 11.7 Å². The number of nitrogens with two attached hydrogens (primary N) is 1. The maximum atomic E-state index is 5.91. The third kappa shape index (κ3) is 3.48. The van der Waals surface area contributed by atoms with Gasteiger partial charge in [-0.25, -0.2) is 0 Å². The van der Waals surface area contributed by atoms with Gasteiger partial charge in [0.15, 0.2) is 0 Å². The molecule has 2 atom stereocenters. The zero-order valence-electron chi connectivity index (χ0n) is 10.5. The van der Waals surface area contributed by atoms with Crippen molar-refractivity contribution in [1.82, 2.24) is 5.32 Å². The first-order valence-corrected chi connectivity index (χ1v) is 6.14. The van der Waals surface area contributed by atoms with Crippen molar-refractivity contribution in [3.05, 3.63) is 0 Å². The smallest absolute Gasteiger partial charge is 0.0616 e. The summed E-state index contributed by atoms with van der Waals surface area (Å²) < 4.78 is 5.77. The van der Waals surface area contributed by atoms with Gasteiger partial charge in [0.25, 0.3) is 0 Å². The predicted molar refractivity (Wildman–Crippen MR) is 67.1 cm³/mol. The lowest BCUT2D eigenvalue weighted by molar-refractivity contribution is -0.0491. The minimum atomic E-state index is 0.0318. The van der Waals surface area contributed by atoms with Crippen LogP contribution in [0.3, 0.4) is 0 Å². The van der Waals surface area contributed by atoms with Crippen molar-refractivity contribution in [2.75, 3.05) is 19.7 Å². The van der Waals surface area contributed by atoms with E-state index in [1.807, 2.05) is 0 Å². The van der Waals surface area contributed by atoms with Crippen molar-refractivity contribution in [1.29, 1.82) is 0 Å². The highest BCUT2D eigenvalue weighted by atomic mass is 16.5. The fraction of sp³-hybridized carbons (Fsp3) is 0.846. The van der Waals surface area contributed by atoms with E-state index in [0.29, 0.717) is 18.6 Å². The minimum absolute atomic E-state index is 0.0318.